The summed E-state index contributed by atoms with van der Waals surface area (Å²) in [5.74, 6) is 0.663. The lowest BCUT2D eigenvalue weighted by Crippen LogP contribution is -1.90. The monoisotopic (exact) mass is 287 g/mol. The highest BCUT2D eigenvalue weighted by molar-refractivity contribution is 7.18. The highest BCUT2D eigenvalue weighted by Crippen LogP contribution is 2.27. The molecule has 1 aromatic heterocycles. The van der Waals surface area contributed by atoms with Crippen LogP contribution < -0.4 is 4.74 Å². The molecule has 3 rings (SSSR count). The maximum atomic E-state index is 12.9. The molecule has 2 nitrogen and oxygen atoms in total. The quantitative estimate of drug-likeness (QED) is 0.708. The minimum Gasteiger partial charge on any atom is -0.494 e. The first-order chi connectivity index (χ1) is 9.74. The standard InChI is InChI=1S/C16H14FNOS/c1-2-19-13-7-8-14-15(10-13)20-16(18-14)9-11-3-5-12(17)6-4-11/h3-8,10H,2,9H2,1H3. The first-order valence-electron chi connectivity index (χ1n) is 6.51. The van der Waals surface area contributed by atoms with E-state index in [1.807, 2.05) is 25.1 Å². The van der Waals surface area contributed by atoms with E-state index in [4.69, 9.17) is 4.74 Å². The Kier molecular flexibility index (Phi) is 3.65. The molecule has 0 N–H and O–H groups in total. The van der Waals surface area contributed by atoms with Crippen LogP contribution in [0.3, 0.4) is 0 Å². The molecule has 0 aliphatic carbocycles. The van der Waals surface area contributed by atoms with Crippen molar-refractivity contribution >= 4 is 21.6 Å². The lowest BCUT2D eigenvalue weighted by molar-refractivity contribution is 0.341. The summed E-state index contributed by atoms with van der Waals surface area (Å²) in [5.41, 5.74) is 2.05. The van der Waals surface area contributed by atoms with Gasteiger partial charge in [-0.05, 0) is 42.8 Å². The fourth-order valence-corrected chi connectivity index (χ4v) is 3.09. The SMILES string of the molecule is CCOc1ccc2nc(Cc3ccc(F)cc3)sc2c1. The molecular weight excluding hydrogens is 273 g/mol. The van der Waals surface area contributed by atoms with E-state index in [2.05, 4.69) is 4.98 Å². The fourth-order valence-electron chi connectivity index (χ4n) is 2.06. The second-order valence-corrected chi connectivity index (χ2v) is 5.59. The van der Waals surface area contributed by atoms with Crippen molar-refractivity contribution in [2.24, 2.45) is 0 Å². The topological polar surface area (TPSA) is 22.1 Å². The molecule has 0 aliphatic heterocycles. The minimum atomic E-state index is -0.209. The molecular formula is C16H14FNOS. The third-order valence-corrected chi connectivity index (χ3v) is 4.00. The molecule has 0 radical (unpaired) electrons. The fraction of sp³-hybridized carbons (Fsp3) is 0.188. The normalized spacial score (nSPS) is 10.9. The van der Waals surface area contributed by atoms with Crippen LogP contribution in [-0.2, 0) is 6.42 Å². The van der Waals surface area contributed by atoms with E-state index in [0.29, 0.717) is 6.61 Å². The van der Waals surface area contributed by atoms with Gasteiger partial charge in [0.05, 0.1) is 21.8 Å². The largest absolute Gasteiger partial charge is 0.494 e. The van der Waals surface area contributed by atoms with Gasteiger partial charge in [0.1, 0.15) is 11.6 Å². The van der Waals surface area contributed by atoms with Gasteiger partial charge in [-0.25, -0.2) is 9.37 Å². The third-order valence-electron chi connectivity index (χ3n) is 2.98. The van der Waals surface area contributed by atoms with Gasteiger partial charge in [0.25, 0.3) is 0 Å². The number of halogens is 1. The van der Waals surface area contributed by atoms with Crippen molar-refractivity contribution in [3.63, 3.8) is 0 Å². The van der Waals surface area contributed by atoms with Gasteiger partial charge in [-0.2, -0.15) is 0 Å². The van der Waals surface area contributed by atoms with E-state index in [1.54, 1.807) is 23.5 Å². The van der Waals surface area contributed by atoms with Crippen LogP contribution in [0.25, 0.3) is 10.2 Å². The zero-order valence-corrected chi connectivity index (χ0v) is 11.9. The highest BCUT2D eigenvalue weighted by Gasteiger charge is 2.06. The first kappa shape index (κ1) is 13.1. The predicted molar refractivity (Wildman–Crippen MR) is 80.0 cm³/mol. The average molecular weight is 287 g/mol. The molecule has 0 spiro atoms. The van der Waals surface area contributed by atoms with Gasteiger partial charge in [-0.3, -0.25) is 0 Å². The molecule has 2 aromatic carbocycles. The minimum absolute atomic E-state index is 0.209. The Morgan fingerprint density at radius 3 is 2.70 bits per heavy atom. The van der Waals surface area contributed by atoms with Crippen LogP contribution in [-0.4, -0.2) is 11.6 Å². The first-order valence-corrected chi connectivity index (χ1v) is 7.33. The van der Waals surface area contributed by atoms with Crippen molar-refractivity contribution in [2.45, 2.75) is 13.3 Å². The van der Waals surface area contributed by atoms with Crippen LogP contribution >= 0.6 is 11.3 Å². The number of nitrogens with zero attached hydrogens (tertiary/aromatic N) is 1. The van der Waals surface area contributed by atoms with Gasteiger partial charge in [0, 0.05) is 6.42 Å². The molecule has 4 heteroatoms. The lowest BCUT2D eigenvalue weighted by atomic mass is 10.1. The van der Waals surface area contributed by atoms with Crippen molar-refractivity contribution in [2.75, 3.05) is 6.61 Å². The Bertz CT molecular complexity index is 721. The summed E-state index contributed by atoms with van der Waals surface area (Å²) in [4.78, 5) is 4.60. The summed E-state index contributed by atoms with van der Waals surface area (Å²) in [5, 5.41) is 1.03. The Hall–Kier alpha value is -1.94. The summed E-state index contributed by atoms with van der Waals surface area (Å²) in [6.07, 6.45) is 0.726. The molecule has 20 heavy (non-hydrogen) atoms. The maximum Gasteiger partial charge on any atom is 0.123 e. The number of rotatable bonds is 4. The molecule has 0 saturated heterocycles. The smallest absolute Gasteiger partial charge is 0.123 e. The summed E-state index contributed by atoms with van der Waals surface area (Å²) in [6.45, 7) is 2.63. The van der Waals surface area contributed by atoms with E-state index in [0.717, 1.165) is 33.0 Å². The summed E-state index contributed by atoms with van der Waals surface area (Å²) in [7, 11) is 0. The molecule has 102 valence electrons. The van der Waals surface area contributed by atoms with E-state index in [9.17, 15) is 4.39 Å². The Morgan fingerprint density at radius 2 is 1.95 bits per heavy atom. The molecule has 0 bridgehead atoms. The Balaban J connectivity index is 1.86. The van der Waals surface area contributed by atoms with E-state index < -0.39 is 0 Å². The van der Waals surface area contributed by atoms with Crippen molar-refractivity contribution in [3.8, 4) is 5.75 Å². The summed E-state index contributed by atoms with van der Waals surface area (Å²) >= 11 is 1.65. The number of benzene rings is 2. The van der Waals surface area contributed by atoms with E-state index in [-0.39, 0.29) is 5.82 Å². The van der Waals surface area contributed by atoms with Crippen LogP contribution in [0, 0.1) is 5.82 Å². The van der Waals surface area contributed by atoms with Crippen LogP contribution in [0.2, 0.25) is 0 Å². The van der Waals surface area contributed by atoms with Crippen molar-refractivity contribution in [1.82, 2.24) is 4.98 Å². The Labute approximate surface area is 120 Å². The van der Waals surface area contributed by atoms with Crippen molar-refractivity contribution in [1.29, 1.82) is 0 Å². The number of thiazole rings is 1. The molecule has 0 unspecified atom stereocenters. The molecule has 1 heterocycles. The van der Waals surface area contributed by atoms with Gasteiger partial charge >= 0.3 is 0 Å². The van der Waals surface area contributed by atoms with Crippen LogP contribution in [0.15, 0.2) is 42.5 Å². The number of hydrogen-bond acceptors (Lipinski definition) is 3. The van der Waals surface area contributed by atoms with Crippen molar-refractivity contribution in [3.05, 3.63) is 58.9 Å². The van der Waals surface area contributed by atoms with Crippen LogP contribution in [0.5, 0.6) is 5.75 Å². The van der Waals surface area contributed by atoms with Crippen molar-refractivity contribution < 1.29 is 9.13 Å². The number of aromatic nitrogens is 1. The average Bonchev–Trinajstić information content (AvgIpc) is 2.83. The second kappa shape index (κ2) is 5.59. The molecule has 0 saturated carbocycles. The molecule has 0 atom stereocenters. The molecule has 0 aliphatic rings. The second-order valence-electron chi connectivity index (χ2n) is 4.47. The summed E-state index contributed by atoms with van der Waals surface area (Å²) < 4.78 is 19.5. The highest BCUT2D eigenvalue weighted by atomic mass is 32.1. The van der Waals surface area contributed by atoms with Crippen LogP contribution in [0.4, 0.5) is 4.39 Å². The maximum absolute atomic E-state index is 12.9. The number of fused-ring (bicyclic) bond motifs is 1. The predicted octanol–water partition coefficient (Wildman–Crippen LogP) is 4.42. The number of hydrogen-bond donors (Lipinski definition) is 0. The van der Waals surface area contributed by atoms with Gasteiger partial charge in [0.15, 0.2) is 0 Å². The molecule has 0 amide bonds. The van der Waals surface area contributed by atoms with E-state index in [1.165, 1.54) is 12.1 Å². The number of ether oxygens (including phenoxy) is 1. The summed E-state index contributed by atoms with van der Waals surface area (Å²) in [6, 6.07) is 12.5. The molecule has 0 fully saturated rings. The van der Waals surface area contributed by atoms with Gasteiger partial charge < -0.3 is 4.74 Å². The lowest BCUT2D eigenvalue weighted by Gasteiger charge is -2.00. The van der Waals surface area contributed by atoms with Crippen LogP contribution in [0.1, 0.15) is 17.5 Å². The van der Waals surface area contributed by atoms with E-state index >= 15 is 0 Å². The molecule has 3 aromatic rings. The zero-order valence-electron chi connectivity index (χ0n) is 11.1. The van der Waals surface area contributed by atoms with Gasteiger partial charge in [-0.15, -0.1) is 11.3 Å². The van der Waals surface area contributed by atoms with Gasteiger partial charge in [-0.1, -0.05) is 12.1 Å². The third kappa shape index (κ3) is 2.80. The zero-order chi connectivity index (χ0) is 13.9. The van der Waals surface area contributed by atoms with Gasteiger partial charge in [0.2, 0.25) is 0 Å². The Morgan fingerprint density at radius 1 is 1.15 bits per heavy atom.